The minimum absolute atomic E-state index is 0.282. The summed E-state index contributed by atoms with van der Waals surface area (Å²) in [6.45, 7) is 1.95. The SMILES string of the molecule is Cc1ncc(-c2ccc3[nH]nc(-c4nc5c(-c6cccc(F)c6)cccc5[nH]4)c3n2)n1C. The zero-order valence-corrected chi connectivity index (χ0v) is 17.4. The standard InChI is InChI=1S/C24H18FN7/c1-13-26-12-20(32(13)2)17-9-10-19-22(27-17)23(31-30-19)24-28-18-8-4-7-16(21(18)29-24)14-5-3-6-15(25)11-14/h3-12H,1-2H3,(H,28,29)(H,30,31). The number of pyridine rings is 1. The molecular weight excluding hydrogens is 405 g/mol. The van der Waals surface area contributed by atoms with E-state index in [2.05, 4.69) is 20.2 Å². The summed E-state index contributed by atoms with van der Waals surface area (Å²) in [5, 5.41) is 7.51. The summed E-state index contributed by atoms with van der Waals surface area (Å²) in [7, 11) is 1.97. The van der Waals surface area contributed by atoms with Crippen LogP contribution in [-0.4, -0.2) is 34.7 Å². The molecule has 6 rings (SSSR count). The topological polar surface area (TPSA) is 88.1 Å². The Kier molecular flexibility index (Phi) is 3.94. The number of imidazole rings is 2. The van der Waals surface area contributed by atoms with Crippen molar-refractivity contribution in [1.29, 1.82) is 0 Å². The molecule has 32 heavy (non-hydrogen) atoms. The molecule has 0 aliphatic heterocycles. The normalized spacial score (nSPS) is 11.6. The van der Waals surface area contributed by atoms with Crippen LogP contribution in [0.3, 0.4) is 0 Å². The lowest BCUT2D eigenvalue weighted by molar-refractivity contribution is 0.628. The molecule has 156 valence electrons. The summed E-state index contributed by atoms with van der Waals surface area (Å²) in [5.41, 5.74) is 7.10. The quantitative estimate of drug-likeness (QED) is 0.419. The Morgan fingerprint density at radius 1 is 0.938 bits per heavy atom. The van der Waals surface area contributed by atoms with Crippen LogP contribution in [0.5, 0.6) is 0 Å². The molecule has 4 aromatic heterocycles. The van der Waals surface area contributed by atoms with Gasteiger partial charge in [0.25, 0.3) is 0 Å². The first kappa shape index (κ1) is 18.4. The first-order valence-electron chi connectivity index (χ1n) is 10.2. The van der Waals surface area contributed by atoms with E-state index >= 15 is 0 Å². The van der Waals surface area contributed by atoms with Crippen LogP contribution in [0.25, 0.3) is 56.1 Å². The van der Waals surface area contributed by atoms with E-state index in [-0.39, 0.29) is 5.82 Å². The van der Waals surface area contributed by atoms with Crippen molar-refractivity contribution in [2.75, 3.05) is 0 Å². The number of nitrogens with one attached hydrogen (secondary N) is 2. The summed E-state index contributed by atoms with van der Waals surface area (Å²) in [6.07, 6.45) is 1.82. The van der Waals surface area contributed by atoms with Gasteiger partial charge in [-0.25, -0.2) is 19.3 Å². The minimum atomic E-state index is -0.282. The van der Waals surface area contributed by atoms with Gasteiger partial charge in [0.15, 0.2) is 11.5 Å². The summed E-state index contributed by atoms with van der Waals surface area (Å²) >= 11 is 0. The molecule has 0 atom stereocenters. The number of benzene rings is 2. The number of halogens is 1. The number of aromatic nitrogens is 7. The maximum Gasteiger partial charge on any atom is 0.161 e. The van der Waals surface area contributed by atoms with Gasteiger partial charge in [0.1, 0.15) is 17.2 Å². The Hall–Kier alpha value is -4.33. The highest BCUT2D eigenvalue weighted by molar-refractivity contribution is 5.96. The Bertz CT molecular complexity index is 1620. The highest BCUT2D eigenvalue weighted by Crippen LogP contribution is 2.32. The Morgan fingerprint density at radius 3 is 2.62 bits per heavy atom. The Morgan fingerprint density at radius 2 is 1.81 bits per heavy atom. The predicted octanol–water partition coefficient (Wildman–Crippen LogP) is 5.02. The van der Waals surface area contributed by atoms with Crippen molar-refractivity contribution in [3.8, 4) is 34.0 Å². The van der Waals surface area contributed by atoms with Crippen LogP contribution < -0.4 is 0 Å². The molecular formula is C24H18FN7. The van der Waals surface area contributed by atoms with E-state index in [9.17, 15) is 4.39 Å². The Balaban J connectivity index is 1.52. The third-order valence-electron chi connectivity index (χ3n) is 5.76. The van der Waals surface area contributed by atoms with Crippen LogP contribution in [0.1, 0.15) is 5.82 Å². The second-order valence-corrected chi connectivity index (χ2v) is 7.71. The third-order valence-corrected chi connectivity index (χ3v) is 5.76. The second-order valence-electron chi connectivity index (χ2n) is 7.71. The molecule has 0 radical (unpaired) electrons. The van der Waals surface area contributed by atoms with Gasteiger partial charge < -0.3 is 9.55 Å². The number of hydrogen-bond donors (Lipinski definition) is 2. The molecule has 0 aliphatic rings. The second kappa shape index (κ2) is 6.84. The monoisotopic (exact) mass is 423 g/mol. The van der Waals surface area contributed by atoms with Gasteiger partial charge in [-0.05, 0) is 42.8 Å². The zero-order chi connectivity index (χ0) is 21.8. The van der Waals surface area contributed by atoms with Crippen molar-refractivity contribution < 1.29 is 4.39 Å². The zero-order valence-electron chi connectivity index (χ0n) is 17.4. The average molecular weight is 423 g/mol. The number of hydrogen-bond acceptors (Lipinski definition) is 4. The van der Waals surface area contributed by atoms with Crippen LogP contribution in [0.2, 0.25) is 0 Å². The van der Waals surface area contributed by atoms with E-state index in [1.165, 1.54) is 12.1 Å². The summed E-state index contributed by atoms with van der Waals surface area (Å²) in [5.74, 6) is 1.23. The van der Waals surface area contributed by atoms with Crippen molar-refractivity contribution in [3.63, 3.8) is 0 Å². The Labute approximate surface area is 182 Å². The molecule has 2 aromatic carbocycles. The summed E-state index contributed by atoms with van der Waals surface area (Å²) in [4.78, 5) is 17.4. The first-order valence-corrected chi connectivity index (χ1v) is 10.2. The van der Waals surface area contributed by atoms with Gasteiger partial charge in [-0.15, -0.1) is 0 Å². The molecule has 0 saturated heterocycles. The molecule has 0 amide bonds. The lowest BCUT2D eigenvalue weighted by atomic mass is 10.0. The van der Waals surface area contributed by atoms with Gasteiger partial charge in [-0.3, -0.25) is 5.10 Å². The fourth-order valence-corrected chi connectivity index (χ4v) is 3.98. The molecule has 6 aromatic rings. The molecule has 0 spiro atoms. The molecule has 7 nitrogen and oxygen atoms in total. The molecule has 8 heteroatoms. The predicted molar refractivity (Wildman–Crippen MR) is 121 cm³/mol. The van der Waals surface area contributed by atoms with Gasteiger partial charge >= 0.3 is 0 Å². The number of aromatic amines is 2. The van der Waals surface area contributed by atoms with Gasteiger partial charge in [-0.1, -0.05) is 24.3 Å². The van der Waals surface area contributed by atoms with Crippen LogP contribution in [0.15, 0.2) is 60.8 Å². The number of H-pyrrole nitrogens is 2. The fourth-order valence-electron chi connectivity index (χ4n) is 3.98. The van der Waals surface area contributed by atoms with Gasteiger partial charge in [0, 0.05) is 12.6 Å². The van der Waals surface area contributed by atoms with E-state index in [4.69, 9.17) is 9.97 Å². The van der Waals surface area contributed by atoms with Crippen LogP contribution in [0, 0.1) is 12.7 Å². The smallest absolute Gasteiger partial charge is 0.161 e. The van der Waals surface area contributed by atoms with E-state index < -0.39 is 0 Å². The number of para-hydroxylation sites is 1. The van der Waals surface area contributed by atoms with Crippen LogP contribution >= 0.6 is 0 Å². The first-order chi connectivity index (χ1) is 15.6. The van der Waals surface area contributed by atoms with E-state index in [0.29, 0.717) is 17.0 Å². The van der Waals surface area contributed by atoms with Gasteiger partial charge in [0.2, 0.25) is 0 Å². The van der Waals surface area contributed by atoms with Crippen molar-refractivity contribution in [2.45, 2.75) is 6.92 Å². The van der Waals surface area contributed by atoms with Crippen molar-refractivity contribution in [2.24, 2.45) is 7.05 Å². The van der Waals surface area contributed by atoms with E-state index in [0.717, 1.165) is 44.9 Å². The summed E-state index contributed by atoms with van der Waals surface area (Å²) < 4.78 is 15.8. The van der Waals surface area contributed by atoms with Gasteiger partial charge in [-0.2, -0.15) is 5.10 Å². The molecule has 2 N–H and O–H groups in total. The van der Waals surface area contributed by atoms with Crippen LogP contribution in [-0.2, 0) is 7.05 Å². The lowest BCUT2D eigenvalue weighted by Gasteiger charge is -2.03. The molecule has 0 unspecified atom stereocenters. The van der Waals surface area contributed by atoms with Crippen molar-refractivity contribution >= 4 is 22.1 Å². The maximum atomic E-state index is 13.8. The van der Waals surface area contributed by atoms with Crippen molar-refractivity contribution in [1.82, 2.24) is 34.7 Å². The lowest BCUT2D eigenvalue weighted by Crippen LogP contribution is -1.96. The fraction of sp³-hybridized carbons (Fsp3) is 0.0833. The van der Waals surface area contributed by atoms with E-state index in [1.54, 1.807) is 6.07 Å². The van der Waals surface area contributed by atoms with E-state index in [1.807, 2.05) is 61.1 Å². The third kappa shape index (κ3) is 2.80. The number of nitrogens with zero attached hydrogens (tertiary/aromatic N) is 5. The minimum Gasteiger partial charge on any atom is -0.336 e. The average Bonchev–Trinajstić information content (AvgIpc) is 3.50. The summed E-state index contributed by atoms with van der Waals surface area (Å²) in [6, 6.07) is 16.2. The largest absolute Gasteiger partial charge is 0.336 e. The highest BCUT2D eigenvalue weighted by Gasteiger charge is 2.17. The molecule has 0 aliphatic carbocycles. The highest BCUT2D eigenvalue weighted by atomic mass is 19.1. The molecule has 0 fully saturated rings. The molecule has 4 heterocycles. The molecule has 0 bridgehead atoms. The maximum absolute atomic E-state index is 13.8. The van der Waals surface area contributed by atoms with Gasteiger partial charge in [0.05, 0.1) is 34.1 Å². The van der Waals surface area contributed by atoms with Crippen LogP contribution in [0.4, 0.5) is 4.39 Å². The van der Waals surface area contributed by atoms with Crippen molar-refractivity contribution in [3.05, 3.63) is 72.4 Å². The number of aryl methyl sites for hydroxylation is 1. The number of fused-ring (bicyclic) bond motifs is 2. The molecule has 0 saturated carbocycles. The number of rotatable bonds is 3.